The van der Waals surface area contributed by atoms with Crippen molar-refractivity contribution >= 4 is 23.7 Å². The second-order valence-corrected chi connectivity index (χ2v) is 21.9. The Morgan fingerprint density at radius 3 is 2.33 bits per heavy atom. The van der Waals surface area contributed by atoms with Crippen LogP contribution in [0.1, 0.15) is 144 Å². The third-order valence-corrected chi connectivity index (χ3v) is 17.9. The number of fused-ring (bicyclic) bond motifs is 7. The Bertz CT molecular complexity index is 1700. The number of hydrogen-bond donors (Lipinski definition) is 2. The van der Waals surface area contributed by atoms with Crippen LogP contribution in [-0.4, -0.2) is 60.3 Å². The van der Waals surface area contributed by atoms with E-state index in [-0.39, 0.29) is 57.9 Å². The second-order valence-electron chi connectivity index (χ2n) is 21.9. The Kier molecular flexibility index (Phi) is 11.3. The number of carbonyl (C=O) groups is 3. The van der Waals surface area contributed by atoms with Crippen LogP contribution < -0.4 is 10.2 Å². The molecule has 0 bridgehead atoms. The molecule has 0 radical (unpaired) electrons. The SMILES string of the molecule is C=C(C)[C@@H]1CC[C@]2(CC(=O)NCc3ccc(N4CCOCC4)nc3)CC[C@]3(C)[C@H](CC[C@@H]4[C@@]5(C)CC[C@H](OC(=O)CC(C)(C)CC(=O)O)C(C)(C)[C@@H]5CC[C@]43C)[C@@H]12. The summed E-state index contributed by atoms with van der Waals surface area (Å²) in [6.07, 6.45) is 13.5. The van der Waals surface area contributed by atoms with Gasteiger partial charge in [-0.05, 0) is 139 Å². The van der Waals surface area contributed by atoms with Gasteiger partial charge in [-0.15, -0.1) is 0 Å². The molecule has 0 aromatic carbocycles. The summed E-state index contributed by atoms with van der Waals surface area (Å²) in [5.74, 6) is 2.48. The van der Waals surface area contributed by atoms with E-state index in [9.17, 15) is 19.5 Å². The van der Waals surface area contributed by atoms with Gasteiger partial charge < -0.3 is 24.8 Å². The van der Waals surface area contributed by atoms with Gasteiger partial charge in [0.25, 0.3) is 0 Å². The molecule has 2 N–H and O–H groups in total. The first-order valence-electron chi connectivity index (χ1n) is 22.4. The monoisotopic (exact) mass is 788 g/mol. The van der Waals surface area contributed by atoms with Gasteiger partial charge in [0, 0.05) is 37.7 Å². The largest absolute Gasteiger partial charge is 0.481 e. The van der Waals surface area contributed by atoms with Gasteiger partial charge in [0.1, 0.15) is 11.9 Å². The number of pyridine rings is 1. The Hall–Kier alpha value is -2.94. The standard InChI is InChI=1S/C48H73N3O6/c1-31(2)33-14-19-48(26-39(52)50-30-32-10-13-38(49-29-32)51-22-24-56-25-23-51)21-20-46(8)34(42(33)48)11-12-36-45(7)17-16-37(44(5,6)35(45)15-18-47(36,46)9)57-41(55)28-43(3,4)27-40(53)54/h10,13,29,33-37,42H,1,11-12,14-28,30H2,2-9H3,(H,50,52)(H,53,54)/t33-,34+,35-,36+,37-,42+,45-,46+,47+,48+/m0/s1. The molecular formula is C48H73N3O6. The first-order valence-corrected chi connectivity index (χ1v) is 22.4. The van der Waals surface area contributed by atoms with Crippen LogP contribution >= 0.6 is 0 Å². The van der Waals surface area contributed by atoms with Crippen molar-refractivity contribution in [1.29, 1.82) is 0 Å². The molecule has 6 aliphatic rings. The summed E-state index contributed by atoms with van der Waals surface area (Å²) in [6.45, 7) is 26.7. The van der Waals surface area contributed by atoms with Crippen LogP contribution in [0.4, 0.5) is 5.82 Å². The number of amides is 1. The number of nitrogens with zero attached hydrogens (tertiary/aromatic N) is 2. The molecule has 9 nitrogen and oxygen atoms in total. The number of hydrogen-bond acceptors (Lipinski definition) is 7. The van der Waals surface area contributed by atoms with Gasteiger partial charge in [0.2, 0.25) is 5.91 Å². The highest BCUT2D eigenvalue weighted by Crippen LogP contribution is 2.78. The van der Waals surface area contributed by atoms with Crippen LogP contribution in [0.2, 0.25) is 0 Å². The van der Waals surface area contributed by atoms with Crippen LogP contribution in [0, 0.1) is 62.1 Å². The van der Waals surface area contributed by atoms with E-state index >= 15 is 0 Å². The van der Waals surface area contributed by atoms with Crippen LogP contribution in [0.15, 0.2) is 30.5 Å². The van der Waals surface area contributed by atoms with Crippen molar-refractivity contribution in [3.63, 3.8) is 0 Å². The summed E-state index contributed by atoms with van der Waals surface area (Å²) in [7, 11) is 0. The number of carboxylic acid groups (broad SMARTS) is 1. The maximum Gasteiger partial charge on any atom is 0.306 e. The molecule has 1 aromatic heterocycles. The lowest BCUT2D eigenvalue weighted by Gasteiger charge is -2.73. The number of carbonyl (C=O) groups excluding carboxylic acids is 2. The van der Waals surface area contributed by atoms with Crippen molar-refractivity contribution in [2.75, 3.05) is 31.2 Å². The molecule has 57 heavy (non-hydrogen) atoms. The van der Waals surface area contributed by atoms with E-state index in [2.05, 4.69) is 70.5 Å². The molecule has 5 saturated carbocycles. The quantitative estimate of drug-likeness (QED) is 0.168. The smallest absolute Gasteiger partial charge is 0.306 e. The van der Waals surface area contributed by atoms with Gasteiger partial charge in [-0.25, -0.2) is 4.98 Å². The molecule has 1 aliphatic heterocycles. The van der Waals surface area contributed by atoms with E-state index < -0.39 is 11.4 Å². The van der Waals surface area contributed by atoms with Crippen LogP contribution in [0.3, 0.4) is 0 Å². The fourth-order valence-electron chi connectivity index (χ4n) is 14.9. The highest BCUT2D eigenvalue weighted by Gasteiger charge is 2.71. The predicted molar refractivity (Wildman–Crippen MR) is 223 cm³/mol. The van der Waals surface area contributed by atoms with Gasteiger partial charge in [0.15, 0.2) is 0 Å². The highest BCUT2D eigenvalue weighted by molar-refractivity contribution is 5.77. The van der Waals surface area contributed by atoms with Gasteiger partial charge in [-0.2, -0.15) is 0 Å². The number of rotatable bonds is 11. The van der Waals surface area contributed by atoms with Crippen LogP contribution in [0.25, 0.3) is 0 Å². The minimum atomic E-state index is -0.886. The number of carboxylic acids is 1. The Morgan fingerprint density at radius 1 is 0.930 bits per heavy atom. The molecule has 6 fully saturated rings. The fourth-order valence-corrected chi connectivity index (χ4v) is 14.9. The van der Waals surface area contributed by atoms with Gasteiger partial charge in [-0.3, -0.25) is 14.4 Å². The van der Waals surface area contributed by atoms with Crippen molar-refractivity contribution in [1.82, 2.24) is 10.3 Å². The van der Waals surface area contributed by atoms with E-state index in [1.54, 1.807) is 0 Å². The number of ether oxygens (including phenoxy) is 2. The van der Waals surface area contributed by atoms with Crippen LogP contribution in [-0.2, 0) is 30.4 Å². The number of anilines is 1. The molecule has 2 heterocycles. The van der Waals surface area contributed by atoms with Gasteiger partial charge in [-0.1, -0.05) is 66.7 Å². The average Bonchev–Trinajstić information content (AvgIpc) is 3.51. The normalized spacial score (nSPS) is 38.5. The van der Waals surface area contributed by atoms with Crippen molar-refractivity contribution in [2.45, 2.75) is 152 Å². The number of esters is 1. The first kappa shape index (κ1) is 42.2. The first-order chi connectivity index (χ1) is 26.7. The summed E-state index contributed by atoms with van der Waals surface area (Å²) in [6, 6.07) is 4.16. The minimum absolute atomic E-state index is 0.00355. The minimum Gasteiger partial charge on any atom is -0.481 e. The number of aromatic nitrogens is 1. The lowest BCUT2D eigenvalue weighted by molar-refractivity contribution is -0.250. The van der Waals surface area contributed by atoms with Crippen LogP contribution in [0.5, 0.6) is 0 Å². The summed E-state index contributed by atoms with van der Waals surface area (Å²) in [4.78, 5) is 45.7. The second kappa shape index (κ2) is 15.3. The number of nitrogens with one attached hydrogen (secondary N) is 1. The zero-order chi connectivity index (χ0) is 41.2. The maximum absolute atomic E-state index is 14.0. The molecule has 1 saturated heterocycles. The maximum atomic E-state index is 14.0. The third-order valence-electron chi connectivity index (χ3n) is 17.9. The van der Waals surface area contributed by atoms with E-state index in [0.717, 1.165) is 76.2 Å². The molecule has 0 unspecified atom stereocenters. The topological polar surface area (TPSA) is 118 Å². The van der Waals surface area contributed by atoms with Crippen molar-refractivity contribution in [3.8, 4) is 0 Å². The van der Waals surface area contributed by atoms with E-state index in [0.29, 0.717) is 42.6 Å². The fraction of sp³-hybridized carbons (Fsp3) is 0.792. The number of allylic oxidation sites excluding steroid dienone is 1. The predicted octanol–water partition coefficient (Wildman–Crippen LogP) is 9.38. The molecule has 1 amide bonds. The van der Waals surface area contributed by atoms with Crippen molar-refractivity contribution in [3.05, 3.63) is 36.0 Å². The number of morpholine rings is 1. The van der Waals surface area contributed by atoms with E-state index in [1.807, 2.05) is 20.0 Å². The van der Waals surface area contributed by atoms with E-state index in [4.69, 9.17) is 14.5 Å². The molecule has 1 aromatic rings. The van der Waals surface area contributed by atoms with Crippen molar-refractivity contribution in [2.24, 2.45) is 62.1 Å². The zero-order valence-electron chi connectivity index (χ0n) is 36.5. The van der Waals surface area contributed by atoms with Gasteiger partial charge in [0.05, 0.1) is 26.1 Å². The molecule has 9 heteroatoms. The molecule has 10 atom stereocenters. The molecular weight excluding hydrogens is 715 g/mol. The molecule has 7 rings (SSSR count). The third kappa shape index (κ3) is 7.47. The summed E-state index contributed by atoms with van der Waals surface area (Å²) in [5.41, 5.74) is 2.00. The Morgan fingerprint density at radius 2 is 1.67 bits per heavy atom. The average molecular weight is 788 g/mol. The Balaban J connectivity index is 1.05. The zero-order valence-corrected chi connectivity index (χ0v) is 36.5. The highest BCUT2D eigenvalue weighted by atomic mass is 16.5. The lowest BCUT2D eigenvalue weighted by atomic mass is 9.32. The summed E-state index contributed by atoms with van der Waals surface area (Å²) < 4.78 is 11.8. The Labute approximate surface area is 342 Å². The molecule has 316 valence electrons. The molecule has 5 aliphatic carbocycles. The summed E-state index contributed by atoms with van der Waals surface area (Å²) >= 11 is 0. The van der Waals surface area contributed by atoms with Crippen molar-refractivity contribution < 1.29 is 29.0 Å². The van der Waals surface area contributed by atoms with E-state index in [1.165, 1.54) is 31.3 Å². The summed E-state index contributed by atoms with van der Waals surface area (Å²) in [5, 5.41) is 12.7. The molecule has 0 spiro atoms. The van der Waals surface area contributed by atoms with Gasteiger partial charge >= 0.3 is 11.9 Å². The lowest BCUT2D eigenvalue weighted by Crippen LogP contribution is -2.67. The number of aliphatic carboxylic acids is 1.